The molecule has 2 N–H and O–H groups in total. The van der Waals surface area contributed by atoms with Gasteiger partial charge >= 0.3 is 7.12 Å². The molecule has 196 valence electrons. The van der Waals surface area contributed by atoms with Gasteiger partial charge in [0.15, 0.2) is 0 Å². The van der Waals surface area contributed by atoms with Gasteiger partial charge in [0.25, 0.3) is 10.0 Å². The van der Waals surface area contributed by atoms with E-state index in [9.17, 15) is 8.42 Å². The van der Waals surface area contributed by atoms with Gasteiger partial charge in [-0.05, 0) is 69.8 Å². The molecule has 0 aliphatic carbocycles. The van der Waals surface area contributed by atoms with Crippen molar-refractivity contribution in [2.24, 2.45) is 0 Å². The van der Waals surface area contributed by atoms with Gasteiger partial charge in [-0.3, -0.25) is 0 Å². The van der Waals surface area contributed by atoms with Crippen LogP contribution in [0.4, 0.5) is 11.6 Å². The lowest BCUT2D eigenvalue weighted by molar-refractivity contribution is 0.00578. The predicted molar refractivity (Wildman–Crippen MR) is 148 cm³/mol. The van der Waals surface area contributed by atoms with Gasteiger partial charge in [-0.15, -0.1) is 0 Å². The maximum absolute atomic E-state index is 12.8. The highest BCUT2D eigenvalue weighted by atomic mass is 35.5. The average molecular weight is 563 g/mol. The van der Waals surface area contributed by atoms with Crippen molar-refractivity contribution >= 4 is 57.4 Å². The summed E-state index contributed by atoms with van der Waals surface area (Å²) in [6, 6.07) is 16.0. The minimum Gasteiger partial charge on any atom is -0.399 e. The number of aryl methyl sites for hydroxylation is 1. The molecule has 2 heterocycles. The maximum Gasteiger partial charge on any atom is 0.495 e. The first-order valence-electron chi connectivity index (χ1n) is 11.9. The Balaban J connectivity index is 1.37. The molecule has 0 spiro atoms. The smallest absolute Gasteiger partial charge is 0.399 e. The second kappa shape index (κ2) is 10.8. The van der Waals surface area contributed by atoms with Crippen molar-refractivity contribution in [1.82, 2.24) is 9.97 Å². The van der Waals surface area contributed by atoms with Crippen molar-refractivity contribution in [2.45, 2.75) is 56.6 Å². The third-order valence-corrected chi connectivity index (χ3v) is 8.26. The first-order chi connectivity index (χ1) is 17.4. The minimum atomic E-state index is -3.94. The fraction of sp³-hybridized carbons (Fsp3) is 0.360. The molecule has 37 heavy (non-hydrogen) atoms. The highest BCUT2D eigenvalue weighted by molar-refractivity contribution is 7.92. The summed E-state index contributed by atoms with van der Waals surface area (Å²) in [7, 11) is -4.35. The SMILES string of the molecule is CC1(C)OB(c2ccccc2CCCNc2cccc(S(=O)(=O)Nc3nc(Cl)cc(Cl)n3)c2)OC1(C)C. The summed E-state index contributed by atoms with van der Waals surface area (Å²) in [4.78, 5) is 7.77. The second-order valence-electron chi connectivity index (χ2n) is 9.79. The molecular weight excluding hydrogens is 534 g/mol. The number of hydrogen-bond donors (Lipinski definition) is 2. The van der Waals surface area contributed by atoms with Crippen LogP contribution in [-0.2, 0) is 25.8 Å². The van der Waals surface area contributed by atoms with Crippen LogP contribution in [0, 0.1) is 0 Å². The molecule has 1 fully saturated rings. The van der Waals surface area contributed by atoms with Gasteiger partial charge in [-0.1, -0.05) is 53.5 Å². The number of aromatic nitrogens is 2. The Kier molecular flexibility index (Phi) is 8.06. The molecule has 1 aliphatic heterocycles. The number of anilines is 2. The molecule has 0 saturated carbocycles. The number of nitrogens with zero attached hydrogens (tertiary/aromatic N) is 2. The molecule has 0 unspecified atom stereocenters. The monoisotopic (exact) mass is 562 g/mol. The predicted octanol–water partition coefficient (Wildman–Crippen LogP) is 4.93. The fourth-order valence-corrected chi connectivity index (χ4v) is 5.27. The van der Waals surface area contributed by atoms with Gasteiger partial charge in [0.1, 0.15) is 10.3 Å². The Morgan fingerprint density at radius 3 is 2.24 bits per heavy atom. The van der Waals surface area contributed by atoms with Crippen LogP contribution in [0.5, 0.6) is 0 Å². The van der Waals surface area contributed by atoms with E-state index in [2.05, 4.69) is 26.1 Å². The van der Waals surface area contributed by atoms with Crippen LogP contribution >= 0.6 is 23.2 Å². The summed E-state index contributed by atoms with van der Waals surface area (Å²) in [6.07, 6.45) is 1.63. The lowest BCUT2D eigenvalue weighted by Gasteiger charge is -2.32. The topological polar surface area (TPSA) is 102 Å². The minimum absolute atomic E-state index is 0.0353. The molecule has 8 nitrogen and oxygen atoms in total. The maximum atomic E-state index is 12.8. The van der Waals surface area contributed by atoms with Gasteiger partial charge in [-0.25, -0.2) is 23.1 Å². The Morgan fingerprint density at radius 1 is 0.919 bits per heavy atom. The molecule has 0 atom stereocenters. The van der Waals surface area contributed by atoms with Crippen molar-refractivity contribution in [3.8, 4) is 0 Å². The van der Waals surface area contributed by atoms with Gasteiger partial charge in [0.05, 0.1) is 16.1 Å². The summed E-state index contributed by atoms with van der Waals surface area (Å²) in [5, 5.41) is 3.37. The lowest BCUT2D eigenvalue weighted by Crippen LogP contribution is -2.41. The van der Waals surface area contributed by atoms with Crippen LogP contribution in [0.1, 0.15) is 39.7 Å². The van der Waals surface area contributed by atoms with E-state index in [1.54, 1.807) is 12.1 Å². The van der Waals surface area contributed by atoms with Gasteiger partial charge in [0, 0.05) is 18.3 Å². The highest BCUT2D eigenvalue weighted by Gasteiger charge is 2.52. The first kappa shape index (κ1) is 27.7. The van der Waals surface area contributed by atoms with E-state index >= 15 is 0 Å². The number of sulfonamides is 1. The zero-order valence-electron chi connectivity index (χ0n) is 21.1. The number of hydrogen-bond acceptors (Lipinski definition) is 7. The van der Waals surface area contributed by atoms with E-state index in [1.807, 2.05) is 52.0 Å². The van der Waals surface area contributed by atoms with Gasteiger partial charge in [-0.2, -0.15) is 0 Å². The van der Waals surface area contributed by atoms with Crippen molar-refractivity contribution < 1.29 is 17.7 Å². The van der Waals surface area contributed by atoms with Crippen LogP contribution in [-0.4, -0.2) is 43.3 Å². The average Bonchev–Trinajstić information content (AvgIpc) is 3.03. The van der Waals surface area contributed by atoms with E-state index in [4.69, 9.17) is 32.5 Å². The van der Waals surface area contributed by atoms with Crippen molar-refractivity contribution in [2.75, 3.05) is 16.6 Å². The standard InChI is InChI=1S/C25H29BCl2N4O4S/c1-24(2)25(3,4)36-26(35-24)20-13-6-5-9-17(20)10-8-14-29-18-11-7-12-19(15-18)37(33,34)32-23-30-21(27)16-22(28)31-23/h5-7,9,11-13,15-16,29H,8,10,14H2,1-4H3,(H,30,31,32). The number of nitrogens with one attached hydrogen (secondary N) is 2. The largest absolute Gasteiger partial charge is 0.495 e. The first-order valence-corrected chi connectivity index (χ1v) is 14.1. The highest BCUT2D eigenvalue weighted by Crippen LogP contribution is 2.36. The molecule has 4 rings (SSSR count). The summed E-state index contributed by atoms with van der Waals surface area (Å²) < 4.78 is 40.4. The summed E-state index contributed by atoms with van der Waals surface area (Å²) in [5.74, 6) is -0.198. The van der Waals surface area contributed by atoms with Crippen molar-refractivity contribution in [3.05, 3.63) is 70.5 Å². The zero-order chi connectivity index (χ0) is 26.8. The van der Waals surface area contributed by atoms with Crippen molar-refractivity contribution in [3.63, 3.8) is 0 Å². The van der Waals surface area contributed by atoms with Crippen molar-refractivity contribution in [1.29, 1.82) is 0 Å². The van der Waals surface area contributed by atoms with Crippen LogP contribution in [0.25, 0.3) is 0 Å². The molecule has 2 aromatic carbocycles. The molecule has 3 aromatic rings. The normalized spacial score (nSPS) is 16.5. The van der Waals surface area contributed by atoms with Crippen LogP contribution in [0.15, 0.2) is 59.5 Å². The molecule has 1 saturated heterocycles. The molecule has 12 heteroatoms. The van der Waals surface area contributed by atoms with E-state index in [1.165, 1.54) is 12.1 Å². The van der Waals surface area contributed by atoms with E-state index in [0.29, 0.717) is 12.2 Å². The Morgan fingerprint density at radius 2 is 1.57 bits per heavy atom. The van der Waals surface area contributed by atoms with E-state index in [-0.39, 0.29) is 21.2 Å². The van der Waals surface area contributed by atoms with Crippen LogP contribution in [0.2, 0.25) is 10.3 Å². The van der Waals surface area contributed by atoms with E-state index < -0.39 is 28.3 Å². The molecule has 1 aromatic heterocycles. The molecule has 0 radical (unpaired) electrons. The number of rotatable bonds is 9. The molecule has 1 aliphatic rings. The molecule has 0 amide bonds. The fourth-order valence-electron chi connectivity index (χ4n) is 3.86. The van der Waals surface area contributed by atoms with Crippen LogP contribution in [0.3, 0.4) is 0 Å². The summed E-state index contributed by atoms with van der Waals surface area (Å²) in [6.45, 7) is 8.81. The number of halogens is 2. The van der Waals surface area contributed by atoms with E-state index in [0.717, 1.165) is 23.9 Å². The second-order valence-corrected chi connectivity index (χ2v) is 12.2. The summed E-state index contributed by atoms with van der Waals surface area (Å²) in [5.41, 5.74) is 2.05. The molecule has 0 bridgehead atoms. The zero-order valence-corrected chi connectivity index (χ0v) is 23.4. The Hall–Kier alpha value is -2.37. The van der Waals surface area contributed by atoms with Gasteiger partial charge in [0.2, 0.25) is 5.95 Å². The number of benzene rings is 2. The Bertz CT molecular complexity index is 1350. The lowest BCUT2D eigenvalue weighted by atomic mass is 9.75. The van der Waals surface area contributed by atoms with Crippen LogP contribution < -0.4 is 15.5 Å². The third-order valence-electron chi connectivity index (χ3n) is 6.55. The third kappa shape index (κ3) is 6.56. The van der Waals surface area contributed by atoms with Gasteiger partial charge < -0.3 is 14.6 Å². The Labute approximate surface area is 228 Å². The summed E-state index contributed by atoms with van der Waals surface area (Å²) >= 11 is 11.7. The quantitative estimate of drug-likeness (QED) is 0.216. The molecular formula is C25H29BCl2N4O4S.